The van der Waals surface area contributed by atoms with Crippen molar-refractivity contribution in [3.63, 3.8) is 0 Å². The van der Waals surface area contributed by atoms with E-state index < -0.39 is 15.7 Å². The molecule has 0 aliphatic heterocycles. The van der Waals surface area contributed by atoms with Crippen LogP contribution >= 0.6 is 0 Å². The summed E-state index contributed by atoms with van der Waals surface area (Å²) in [7, 11) is -3.46. The Bertz CT molecular complexity index is 805. The second-order valence-electron chi connectivity index (χ2n) is 5.96. The summed E-state index contributed by atoms with van der Waals surface area (Å²) < 4.78 is 37.3. The van der Waals surface area contributed by atoms with E-state index in [1.165, 1.54) is 18.5 Å². The van der Waals surface area contributed by atoms with Gasteiger partial charge in [-0.3, -0.25) is 0 Å². The monoisotopic (exact) mass is 350 g/mol. The Hall–Kier alpha value is -2.06. The Morgan fingerprint density at radius 3 is 2.58 bits per heavy atom. The van der Waals surface area contributed by atoms with Gasteiger partial charge in [-0.2, -0.15) is 0 Å². The van der Waals surface area contributed by atoms with Gasteiger partial charge in [0.2, 0.25) is 0 Å². The van der Waals surface area contributed by atoms with Crippen LogP contribution < -0.4 is 11.1 Å². The molecule has 3 rings (SSSR count). The zero-order valence-electron chi connectivity index (χ0n) is 13.0. The molecule has 8 heteroatoms. The third-order valence-corrected chi connectivity index (χ3v) is 5.86. The molecule has 1 heterocycles. The predicted octanol–water partition coefficient (Wildman–Crippen LogP) is 1.71. The van der Waals surface area contributed by atoms with Crippen LogP contribution in [0.5, 0.6) is 0 Å². The van der Waals surface area contributed by atoms with Gasteiger partial charge in [-0.15, -0.1) is 0 Å². The number of anilines is 1. The fourth-order valence-electron chi connectivity index (χ4n) is 2.67. The first-order chi connectivity index (χ1) is 11.4. The van der Waals surface area contributed by atoms with Gasteiger partial charge in [-0.1, -0.05) is 0 Å². The highest BCUT2D eigenvalue weighted by Crippen LogP contribution is 2.34. The van der Waals surface area contributed by atoms with E-state index in [1.54, 1.807) is 0 Å². The maximum atomic E-state index is 12.9. The number of halogens is 1. The van der Waals surface area contributed by atoms with E-state index in [1.807, 2.05) is 6.07 Å². The fraction of sp³-hybridized carbons (Fsp3) is 0.375. The van der Waals surface area contributed by atoms with Gasteiger partial charge in [0.1, 0.15) is 18.0 Å². The maximum absolute atomic E-state index is 12.9. The summed E-state index contributed by atoms with van der Waals surface area (Å²) in [6, 6.07) is 6.89. The third kappa shape index (κ3) is 3.88. The molecule has 1 saturated carbocycles. The van der Waals surface area contributed by atoms with Crippen LogP contribution in [0.15, 0.2) is 41.6 Å². The van der Waals surface area contributed by atoms with E-state index in [0.717, 1.165) is 30.7 Å². The fourth-order valence-corrected chi connectivity index (χ4v) is 3.83. The zero-order chi connectivity index (χ0) is 17.2. The number of nitrogens with two attached hydrogens (primary N) is 1. The molecule has 0 spiro atoms. The average Bonchev–Trinajstić information content (AvgIpc) is 2.52. The Morgan fingerprint density at radius 2 is 1.92 bits per heavy atom. The molecule has 0 amide bonds. The van der Waals surface area contributed by atoms with Crippen molar-refractivity contribution in [2.45, 2.75) is 29.7 Å². The number of hydrogen-bond donors (Lipinski definition) is 2. The van der Waals surface area contributed by atoms with E-state index in [-0.39, 0.29) is 23.2 Å². The summed E-state index contributed by atoms with van der Waals surface area (Å²) in [5.74, 6) is 0.379. The zero-order valence-corrected chi connectivity index (χ0v) is 13.8. The van der Waals surface area contributed by atoms with Gasteiger partial charge in [0.25, 0.3) is 0 Å². The van der Waals surface area contributed by atoms with E-state index in [4.69, 9.17) is 5.73 Å². The molecule has 1 aromatic carbocycles. The summed E-state index contributed by atoms with van der Waals surface area (Å²) in [6.07, 6.45) is 3.29. The smallest absolute Gasteiger partial charge is 0.180 e. The van der Waals surface area contributed by atoms with Gasteiger partial charge in [-0.25, -0.2) is 22.8 Å². The number of nitrogens with zero attached hydrogens (tertiary/aromatic N) is 2. The summed E-state index contributed by atoms with van der Waals surface area (Å²) in [4.78, 5) is 8.46. The number of aromatic nitrogens is 2. The second-order valence-corrected chi connectivity index (χ2v) is 8.07. The number of hydrogen-bond acceptors (Lipinski definition) is 6. The quantitative estimate of drug-likeness (QED) is 0.770. The molecule has 1 aromatic heterocycles. The first-order valence-electron chi connectivity index (χ1n) is 7.74. The van der Waals surface area contributed by atoms with Crippen LogP contribution in [0.2, 0.25) is 0 Å². The second kappa shape index (κ2) is 6.82. The lowest BCUT2D eigenvalue weighted by atomic mass is 9.79. The number of benzene rings is 1. The SMILES string of the molecule is NC1CC(c2cc(NCCS(=O)(=O)c3ccc(F)cc3)ncn2)C1. The molecule has 0 radical (unpaired) electrons. The largest absolute Gasteiger partial charge is 0.369 e. The molecule has 3 N–H and O–H groups in total. The van der Waals surface area contributed by atoms with Crippen LogP contribution in [-0.4, -0.2) is 36.7 Å². The highest BCUT2D eigenvalue weighted by molar-refractivity contribution is 7.91. The van der Waals surface area contributed by atoms with Crippen molar-refractivity contribution < 1.29 is 12.8 Å². The molecular weight excluding hydrogens is 331 g/mol. The van der Waals surface area contributed by atoms with Gasteiger partial charge < -0.3 is 11.1 Å². The minimum Gasteiger partial charge on any atom is -0.369 e. The molecule has 24 heavy (non-hydrogen) atoms. The van der Waals surface area contributed by atoms with E-state index in [9.17, 15) is 12.8 Å². The molecule has 1 fully saturated rings. The van der Waals surface area contributed by atoms with Crippen molar-refractivity contribution in [2.24, 2.45) is 5.73 Å². The van der Waals surface area contributed by atoms with Crippen molar-refractivity contribution >= 4 is 15.7 Å². The Morgan fingerprint density at radius 1 is 1.21 bits per heavy atom. The standard InChI is InChI=1S/C16H19FN4O2S/c17-12-1-3-14(4-2-12)24(22,23)6-5-19-16-9-15(20-10-21-16)11-7-13(18)8-11/h1-4,9-11,13H,5-8,18H2,(H,19,20,21). The van der Waals surface area contributed by atoms with E-state index >= 15 is 0 Å². The lowest BCUT2D eigenvalue weighted by Gasteiger charge is -2.31. The van der Waals surface area contributed by atoms with Crippen LogP contribution in [0, 0.1) is 5.82 Å². The number of rotatable bonds is 6. The Balaban J connectivity index is 1.58. The molecule has 0 saturated heterocycles. The molecule has 0 bridgehead atoms. The molecule has 1 aliphatic rings. The number of nitrogens with one attached hydrogen (secondary N) is 1. The van der Waals surface area contributed by atoms with E-state index in [0.29, 0.717) is 11.7 Å². The van der Waals surface area contributed by atoms with Crippen LogP contribution in [0.1, 0.15) is 24.5 Å². The Kier molecular flexibility index (Phi) is 4.77. The minimum absolute atomic E-state index is 0.105. The van der Waals surface area contributed by atoms with Gasteiger partial charge >= 0.3 is 0 Å². The average molecular weight is 350 g/mol. The Labute approximate surface area is 140 Å². The normalized spacial score (nSPS) is 20.4. The highest BCUT2D eigenvalue weighted by atomic mass is 32.2. The first-order valence-corrected chi connectivity index (χ1v) is 9.39. The molecule has 128 valence electrons. The third-order valence-electron chi connectivity index (χ3n) is 4.13. The van der Waals surface area contributed by atoms with Crippen LogP contribution in [0.4, 0.5) is 10.2 Å². The molecule has 2 aromatic rings. The lowest BCUT2D eigenvalue weighted by molar-refractivity contribution is 0.345. The summed E-state index contributed by atoms with van der Waals surface area (Å²) >= 11 is 0. The summed E-state index contributed by atoms with van der Waals surface area (Å²) in [5.41, 5.74) is 6.71. The number of sulfone groups is 1. The van der Waals surface area contributed by atoms with Gasteiger partial charge in [0, 0.05) is 30.3 Å². The van der Waals surface area contributed by atoms with Crippen molar-refractivity contribution in [1.82, 2.24) is 9.97 Å². The minimum atomic E-state index is -3.46. The topological polar surface area (TPSA) is 98.0 Å². The molecule has 0 atom stereocenters. The molecule has 1 aliphatic carbocycles. The predicted molar refractivity (Wildman–Crippen MR) is 88.9 cm³/mol. The lowest BCUT2D eigenvalue weighted by Crippen LogP contribution is -2.35. The van der Waals surface area contributed by atoms with Gasteiger partial charge in [-0.05, 0) is 37.1 Å². The first kappa shape index (κ1) is 16.8. The van der Waals surface area contributed by atoms with E-state index in [2.05, 4.69) is 15.3 Å². The van der Waals surface area contributed by atoms with Crippen molar-refractivity contribution in [3.8, 4) is 0 Å². The molecule has 6 nitrogen and oxygen atoms in total. The van der Waals surface area contributed by atoms with Crippen molar-refractivity contribution in [2.75, 3.05) is 17.6 Å². The highest BCUT2D eigenvalue weighted by Gasteiger charge is 2.28. The van der Waals surface area contributed by atoms with Crippen LogP contribution in [0.3, 0.4) is 0 Å². The summed E-state index contributed by atoms with van der Waals surface area (Å²) in [6.45, 7) is 0.209. The van der Waals surface area contributed by atoms with Crippen LogP contribution in [0.25, 0.3) is 0 Å². The van der Waals surface area contributed by atoms with Crippen LogP contribution in [-0.2, 0) is 9.84 Å². The van der Waals surface area contributed by atoms with Gasteiger partial charge in [0.05, 0.1) is 10.6 Å². The van der Waals surface area contributed by atoms with Gasteiger partial charge in [0.15, 0.2) is 9.84 Å². The molecule has 0 unspecified atom stereocenters. The van der Waals surface area contributed by atoms with Crippen molar-refractivity contribution in [3.05, 3.63) is 48.2 Å². The molecular formula is C16H19FN4O2S. The summed E-state index contributed by atoms with van der Waals surface area (Å²) in [5, 5.41) is 3.00. The van der Waals surface area contributed by atoms with Crippen molar-refractivity contribution in [1.29, 1.82) is 0 Å². The maximum Gasteiger partial charge on any atom is 0.180 e.